The molecule has 4 aromatic rings. The summed E-state index contributed by atoms with van der Waals surface area (Å²) in [5.41, 5.74) is 4.22. The van der Waals surface area contributed by atoms with Crippen LogP contribution in [0.15, 0.2) is 53.6 Å². The molecule has 0 spiro atoms. The van der Waals surface area contributed by atoms with Gasteiger partial charge in [-0.15, -0.1) is 0 Å². The number of hydrogen-bond donors (Lipinski definition) is 1. The Balaban J connectivity index is 1.45. The summed E-state index contributed by atoms with van der Waals surface area (Å²) in [7, 11) is 0. The second kappa shape index (κ2) is 7.05. The van der Waals surface area contributed by atoms with Gasteiger partial charge in [0.1, 0.15) is 0 Å². The predicted molar refractivity (Wildman–Crippen MR) is 110 cm³/mol. The van der Waals surface area contributed by atoms with E-state index in [1.54, 1.807) is 0 Å². The number of para-hydroxylation sites is 1. The average molecular weight is 380 g/mol. The molecule has 2 aromatic heterocycles. The maximum absolute atomic E-state index is 12.3. The number of aromatic nitrogens is 2. The van der Waals surface area contributed by atoms with E-state index in [0.717, 1.165) is 26.1 Å². The second-order valence-electron chi connectivity index (χ2n) is 6.12. The van der Waals surface area contributed by atoms with E-state index in [4.69, 9.17) is 0 Å². The molecule has 2 aromatic carbocycles. The van der Waals surface area contributed by atoms with Crippen molar-refractivity contribution in [2.75, 3.05) is 11.1 Å². The minimum absolute atomic E-state index is 0.0709. The Kier molecular flexibility index (Phi) is 4.61. The Morgan fingerprint density at radius 2 is 1.92 bits per heavy atom. The number of nitrogens with one attached hydrogen (secondary N) is 1. The van der Waals surface area contributed by atoms with Gasteiger partial charge < -0.3 is 5.32 Å². The van der Waals surface area contributed by atoms with E-state index in [0.29, 0.717) is 10.9 Å². The molecule has 0 atom stereocenters. The number of fused-ring (bicyclic) bond motifs is 2. The number of benzene rings is 2. The van der Waals surface area contributed by atoms with Gasteiger partial charge in [0.15, 0.2) is 5.13 Å². The highest BCUT2D eigenvalue weighted by Gasteiger charge is 2.10. The van der Waals surface area contributed by atoms with Crippen LogP contribution in [0.3, 0.4) is 0 Å². The van der Waals surface area contributed by atoms with Crippen LogP contribution in [0.4, 0.5) is 5.13 Å². The summed E-state index contributed by atoms with van der Waals surface area (Å²) in [5.74, 6) is 0.234. The summed E-state index contributed by atoms with van der Waals surface area (Å²) < 4.78 is 1.08. The van der Waals surface area contributed by atoms with Gasteiger partial charge in [-0.25, -0.2) is 9.97 Å². The highest BCUT2D eigenvalue weighted by Crippen LogP contribution is 2.27. The van der Waals surface area contributed by atoms with Crippen LogP contribution in [0.2, 0.25) is 0 Å². The number of carbonyl (C=O) groups excluding carboxylic acids is 1. The highest BCUT2D eigenvalue weighted by atomic mass is 32.2. The summed E-state index contributed by atoms with van der Waals surface area (Å²) >= 11 is 2.94. The molecule has 130 valence electrons. The molecule has 1 N–H and O–H groups in total. The summed E-state index contributed by atoms with van der Waals surface area (Å²) in [4.78, 5) is 21.4. The largest absolute Gasteiger partial charge is 0.301 e. The van der Waals surface area contributed by atoms with Crippen molar-refractivity contribution >= 4 is 55.3 Å². The number of thioether (sulfide) groups is 1. The van der Waals surface area contributed by atoms with E-state index in [1.807, 2.05) is 43.3 Å². The van der Waals surface area contributed by atoms with Gasteiger partial charge in [0.25, 0.3) is 0 Å². The van der Waals surface area contributed by atoms with Gasteiger partial charge in [-0.1, -0.05) is 47.4 Å². The van der Waals surface area contributed by atoms with Gasteiger partial charge in [0.05, 0.1) is 26.5 Å². The monoisotopic (exact) mass is 379 g/mol. The van der Waals surface area contributed by atoms with Crippen molar-refractivity contribution < 1.29 is 4.79 Å². The molecule has 6 heteroatoms. The number of thiazole rings is 1. The zero-order valence-corrected chi connectivity index (χ0v) is 16.1. The average Bonchev–Trinajstić information content (AvgIpc) is 3.01. The molecule has 0 radical (unpaired) electrons. The maximum Gasteiger partial charge on any atom is 0.236 e. The Morgan fingerprint density at radius 3 is 2.81 bits per heavy atom. The van der Waals surface area contributed by atoms with Crippen LogP contribution in [0.25, 0.3) is 21.1 Å². The first-order valence-corrected chi connectivity index (χ1v) is 10.0. The number of carbonyl (C=O) groups is 1. The van der Waals surface area contributed by atoms with E-state index in [2.05, 4.69) is 34.3 Å². The van der Waals surface area contributed by atoms with Crippen molar-refractivity contribution in [1.29, 1.82) is 0 Å². The molecule has 0 fully saturated rings. The molecule has 26 heavy (non-hydrogen) atoms. The Hall–Kier alpha value is -2.44. The summed E-state index contributed by atoms with van der Waals surface area (Å²) in [6.07, 6.45) is 0. The second-order valence-corrected chi connectivity index (χ2v) is 8.15. The van der Waals surface area contributed by atoms with Crippen molar-refractivity contribution in [2.45, 2.75) is 18.9 Å². The molecule has 0 unspecified atom stereocenters. The van der Waals surface area contributed by atoms with Crippen LogP contribution in [0.5, 0.6) is 0 Å². The normalized spacial score (nSPS) is 11.2. The zero-order chi connectivity index (χ0) is 18.1. The number of aryl methyl sites for hydroxylation is 2. The van der Waals surface area contributed by atoms with Gasteiger partial charge in [-0.3, -0.25) is 4.79 Å². The van der Waals surface area contributed by atoms with Gasteiger partial charge in [0.2, 0.25) is 5.91 Å². The third kappa shape index (κ3) is 3.57. The molecule has 0 saturated carbocycles. The molecule has 0 aliphatic heterocycles. The van der Waals surface area contributed by atoms with Crippen LogP contribution in [-0.2, 0) is 4.79 Å². The quantitative estimate of drug-likeness (QED) is 0.496. The maximum atomic E-state index is 12.3. The topological polar surface area (TPSA) is 54.9 Å². The standard InChI is InChI=1S/C20H17N3OS2/c1-12-7-8-16-17(9-12)26-20(22-16)23-18(24)11-25-19-10-13(2)14-5-3-4-6-15(14)21-19/h3-10H,11H2,1-2H3,(H,22,23,24). The lowest BCUT2D eigenvalue weighted by molar-refractivity contribution is -0.113. The van der Waals surface area contributed by atoms with Crippen LogP contribution >= 0.6 is 23.1 Å². The van der Waals surface area contributed by atoms with Crippen LogP contribution in [-0.4, -0.2) is 21.6 Å². The van der Waals surface area contributed by atoms with Crippen molar-refractivity contribution in [3.8, 4) is 0 Å². The molecule has 0 saturated heterocycles. The van der Waals surface area contributed by atoms with E-state index in [-0.39, 0.29) is 5.91 Å². The Labute approximate surface area is 159 Å². The van der Waals surface area contributed by atoms with E-state index in [1.165, 1.54) is 34.2 Å². The van der Waals surface area contributed by atoms with E-state index < -0.39 is 0 Å². The van der Waals surface area contributed by atoms with Crippen molar-refractivity contribution in [3.63, 3.8) is 0 Å². The third-order valence-electron chi connectivity index (χ3n) is 4.04. The first-order valence-electron chi connectivity index (χ1n) is 8.25. The molecule has 0 bridgehead atoms. The first kappa shape index (κ1) is 17.0. The summed E-state index contributed by atoms with van der Waals surface area (Å²) in [6.45, 7) is 4.11. The van der Waals surface area contributed by atoms with E-state index in [9.17, 15) is 4.79 Å². The third-order valence-corrected chi connectivity index (χ3v) is 5.89. The molecule has 4 rings (SSSR count). The lowest BCUT2D eigenvalue weighted by Crippen LogP contribution is -2.13. The smallest absolute Gasteiger partial charge is 0.236 e. The minimum Gasteiger partial charge on any atom is -0.301 e. The molecule has 0 aliphatic carbocycles. The highest BCUT2D eigenvalue weighted by molar-refractivity contribution is 7.99. The molecular weight excluding hydrogens is 362 g/mol. The summed E-state index contributed by atoms with van der Waals surface area (Å²) in [6, 6.07) is 16.2. The van der Waals surface area contributed by atoms with Gasteiger partial charge >= 0.3 is 0 Å². The summed E-state index contributed by atoms with van der Waals surface area (Å²) in [5, 5.41) is 5.53. The van der Waals surface area contributed by atoms with E-state index >= 15 is 0 Å². The molecule has 4 nitrogen and oxygen atoms in total. The van der Waals surface area contributed by atoms with Crippen molar-refractivity contribution in [2.24, 2.45) is 0 Å². The fourth-order valence-corrected chi connectivity index (χ4v) is 4.53. The number of pyridine rings is 1. The van der Waals surface area contributed by atoms with Gasteiger partial charge in [-0.05, 0) is 49.2 Å². The van der Waals surface area contributed by atoms with Crippen LogP contribution < -0.4 is 5.32 Å². The Bertz CT molecular complexity index is 1120. The van der Waals surface area contributed by atoms with Crippen LogP contribution in [0, 0.1) is 13.8 Å². The lowest BCUT2D eigenvalue weighted by Gasteiger charge is -2.06. The van der Waals surface area contributed by atoms with Gasteiger partial charge in [0, 0.05) is 5.39 Å². The lowest BCUT2D eigenvalue weighted by atomic mass is 10.1. The first-order chi connectivity index (χ1) is 12.6. The molecule has 2 heterocycles. The number of nitrogens with zero attached hydrogens (tertiary/aromatic N) is 2. The molecular formula is C20H17N3OS2. The SMILES string of the molecule is Cc1ccc2nc(NC(=O)CSc3cc(C)c4ccccc4n3)sc2c1. The fourth-order valence-electron chi connectivity index (χ4n) is 2.77. The van der Waals surface area contributed by atoms with Gasteiger partial charge in [-0.2, -0.15) is 0 Å². The minimum atomic E-state index is -0.0709. The zero-order valence-electron chi connectivity index (χ0n) is 14.4. The molecule has 0 aliphatic rings. The number of hydrogen-bond acceptors (Lipinski definition) is 5. The van der Waals surface area contributed by atoms with Crippen molar-refractivity contribution in [1.82, 2.24) is 9.97 Å². The number of amides is 1. The number of anilines is 1. The molecule has 1 amide bonds. The fraction of sp³-hybridized carbons (Fsp3) is 0.150. The van der Waals surface area contributed by atoms with Crippen LogP contribution in [0.1, 0.15) is 11.1 Å². The van der Waals surface area contributed by atoms with Crippen molar-refractivity contribution in [3.05, 3.63) is 59.7 Å². The number of rotatable bonds is 4. The predicted octanol–water partition coefficient (Wildman–Crippen LogP) is 5.19. The Morgan fingerprint density at radius 1 is 1.08 bits per heavy atom.